The van der Waals surface area contributed by atoms with E-state index in [4.69, 9.17) is 0 Å². The molecule has 0 fully saturated rings. The summed E-state index contributed by atoms with van der Waals surface area (Å²) in [6.45, 7) is 2.17. The largest absolute Gasteiger partial charge is 0.350 e. The second kappa shape index (κ2) is 9.50. The van der Waals surface area contributed by atoms with Crippen molar-refractivity contribution in [3.8, 4) is 0 Å². The van der Waals surface area contributed by atoms with Gasteiger partial charge in [0.05, 0.1) is 23.5 Å². The molecule has 5 rings (SSSR count). The molecule has 0 spiro atoms. The zero-order valence-electron chi connectivity index (χ0n) is 19.2. The number of benzene rings is 3. The van der Waals surface area contributed by atoms with Gasteiger partial charge >= 0.3 is 0 Å². The number of hydrogen-bond donors (Lipinski definition) is 1. The predicted molar refractivity (Wildman–Crippen MR) is 132 cm³/mol. The van der Waals surface area contributed by atoms with Crippen LogP contribution in [-0.2, 0) is 17.8 Å². The summed E-state index contributed by atoms with van der Waals surface area (Å²) < 4.78 is 16.7. The third kappa shape index (κ3) is 4.55. The summed E-state index contributed by atoms with van der Waals surface area (Å²) >= 11 is 0. The Kier molecular flexibility index (Phi) is 6.10. The van der Waals surface area contributed by atoms with Gasteiger partial charge in [-0.05, 0) is 42.3 Å². The van der Waals surface area contributed by atoms with Crippen LogP contribution in [0.15, 0.2) is 83.7 Å². The fourth-order valence-electron chi connectivity index (χ4n) is 4.26. The standard InChI is InChI=1S/C27H24FN5O2/c1-18(20-7-3-2-4-8-20)29-25(34)16-15-24-30-31-27-32(17-19-11-13-21(28)14-12-19)26(35)22-9-5-6-10-23(22)33(24)27/h2-14,18H,15-17H2,1H3,(H,29,34). The van der Waals surface area contributed by atoms with Gasteiger partial charge in [-0.2, -0.15) is 0 Å². The van der Waals surface area contributed by atoms with Gasteiger partial charge in [-0.1, -0.05) is 54.6 Å². The summed E-state index contributed by atoms with van der Waals surface area (Å²) in [5.74, 6) is 0.536. The molecule has 1 amide bonds. The molecule has 0 aliphatic carbocycles. The van der Waals surface area contributed by atoms with Crippen molar-refractivity contribution in [1.29, 1.82) is 0 Å². The van der Waals surface area contributed by atoms with Crippen LogP contribution in [-0.4, -0.2) is 25.1 Å². The molecule has 0 aliphatic rings. The first-order chi connectivity index (χ1) is 17.0. The van der Waals surface area contributed by atoms with E-state index in [1.54, 1.807) is 24.3 Å². The third-order valence-corrected chi connectivity index (χ3v) is 6.08. The van der Waals surface area contributed by atoms with E-state index in [0.717, 1.165) is 11.1 Å². The van der Waals surface area contributed by atoms with Gasteiger partial charge in [-0.3, -0.25) is 18.6 Å². The van der Waals surface area contributed by atoms with Crippen molar-refractivity contribution in [2.45, 2.75) is 32.4 Å². The number of fused-ring (bicyclic) bond motifs is 3. The van der Waals surface area contributed by atoms with Crippen molar-refractivity contribution in [3.63, 3.8) is 0 Å². The number of nitrogens with zero attached hydrogens (tertiary/aromatic N) is 4. The van der Waals surface area contributed by atoms with Gasteiger partial charge < -0.3 is 5.32 Å². The molecule has 35 heavy (non-hydrogen) atoms. The number of aryl methyl sites for hydroxylation is 1. The number of aromatic nitrogens is 4. The first-order valence-corrected chi connectivity index (χ1v) is 11.5. The quantitative estimate of drug-likeness (QED) is 0.390. The van der Waals surface area contributed by atoms with Crippen molar-refractivity contribution in [1.82, 2.24) is 24.5 Å². The number of rotatable bonds is 7. The number of para-hydroxylation sites is 1. The lowest BCUT2D eigenvalue weighted by Gasteiger charge is -2.14. The summed E-state index contributed by atoms with van der Waals surface area (Å²) in [6, 6.07) is 22.9. The van der Waals surface area contributed by atoms with Gasteiger partial charge in [0, 0.05) is 12.8 Å². The number of amides is 1. The van der Waals surface area contributed by atoms with Crippen LogP contribution in [0.3, 0.4) is 0 Å². The molecule has 7 nitrogen and oxygen atoms in total. The molecule has 2 heterocycles. The van der Waals surface area contributed by atoms with Crippen LogP contribution in [0.5, 0.6) is 0 Å². The molecular weight excluding hydrogens is 445 g/mol. The normalized spacial score (nSPS) is 12.2. The highest BCUT2D eigenvalue weighted by atomic mass is 19.1. The van der Waals surface area contributed by atoms with Crippen LogP contribution in [0.1, 0.15) is 36.3 Å². The van der Waals surface area contributed by atoms with E-state index in [-0.39, 0.29) is 36.3 Å². The molecule has 2 aromatic heterocycles. The average molecular weight is 470 g/mol. The van der Waals surface area contributed by atoms with E-state index in [1.165, 1.54) is 16.7 Å². The number of carbonyl (C=O) groups excluding carboxylic acids is 1. The lowest BCUT2D eigenvalue weighted by Crippen LogP contribution is -2.27. The minimum atomic E-state index is -0.339. The fourth-order valence-corrected chi connectivity index (χ4v) is 4.26. The SMILES string of the molecule is CC(NC(=O)CCc1nnc2n(Cc3ccc(F)cc3)c(=O)c3ccccc3n12)c1ccccc1. The molecule has 176 valence electrons. The van der Waals surface area contributed by atoms with E-state index < -0.39 is 0 Å². The number of halogens is 1. The van der Waals surface area contributed by atoms with Gasteiger partial charge in [0.2, 0.25) is 11.7 Å². The average Bonchev–Trinajstić information content (AvgIpc) is 3.31. The van der Waals surface area contributed by atoms with Crippen LogP contribution in [0, 0.1) is 5.82 Å². The van der Waals surface area contributed by atoms with Crippen LogP contribution >= 0.6 is 0 Å². The van der Waals surface area contributed by atoms with Crippen molar-refractivity contribution >= 4 is 22.6 Å². The van der Waals surface area contributed by atoms with E-state index in [0.29, 0.717) is 28.9 Å². The highest BCUT2D eigenvalue weighted by Gasteiger charge is 2.18. The van der Waals surface area contributed by atoms with Gasteiger partial charge in [-0.15, -0.1) is 10.2 Å². The third-order valence-electron chi connectivity index (χ3n) is 6.08. The number of hydrogen-bond acceptors (Lipinski definition) is 4. The van der Waals surface area contributed by atoms with E-state index in [1.807, 2.05) is 53.8 Å². The highest BCUT2D eigenvalue weighted by molar-refractivity contribution is 5.80. The Bertz CT molecular complexity index is 1560. The molecule has 0 saturated heterocycles. The van der Waals surface area contributed by atoms with E-state index in [2.05, 4.69) is 15.5 Å². The second-order valence-electron chi connectivity index (χ2n) is 8.49. The Morgan fingerprint density at radius 3 is 2.46 bits per heavy atom. The van der Waals surface area contributed by atoms with Gasteiger partial charge in [-0.25, -0.2) is 4.39 Å². The van der Waals surface area contributed by atoms with Gasteiger partial charge in [0.25, 0.3) is 5.56 Å². The predicted octanol–water partition coefficient (Wildman–Crippen LogP) is 4.04. The first-order valence-electron chi connectivity index (χ1n) is 11.5. The topological polar surface area (TPSA) is 81.3 Å². The maximum Gasteiger partial charge on any atom is 0.263 e. The molecule has 0 saturated carbocycles. The summed E-state index contributed by atoms with van der Waals surface area (Å²) in [4.78, 5) is 25.9. The van der Waals surface area contributed by atoms with Gasteiger partial charge in [0.15, 0.2) is 0 Å². The molecule has 0 bridgehead atoms. The maximum atomic E-state index is 13.4. The Morgan fingerprint density at radius 1 is 0.971 bits per heavy atom. The molecule has 5 aromatic rings. The van der Waals surface area contributed by atoms with Gasteiger partial charge in [0.1, 0.15) is 11.6 Å². The fraction of sp³-hybridized carbons (Fsp3) is 0.185. The van der Waals surface area contributed by atoms with E-state index >= 15 is 0 Å². The molecule has 3 aromatic carbocycles. The molecule has 1 N–H and O–H groups in total. The Hall–Kier alpha value is -4.33. The minimum Gasteiger partial charge on any atom is -0.350 e. The zero-order valence-corrected chi connectivity index (χ0v) is 19.2. The Labute approximate surface area is 200 Å². The summed E-state index contributed by atoms with van der Waals surface area (Å²) in [6.07, 6.45) is 0.580. The smallest absolute Gasteiger partial charge is 0.263 e. The van der Waals surface area contributed by atoms with Crippen LogP contribution in [0.2, 0.25) is 0 Å². The second-order valence-corrected chi connectivity index (χ2v) is 8.49. The minimum absolute atomic E-state index is 0.0953. The van der Waals surface area contributed by atoms with Crippen LogP contribution < -0.4 is 10.9 Å². The molecular formula is C27H24FN5O2. The Morgan fingerprint density at radius 2 is 1.69 bits per heavy atom. The summed E-state index contributed by atoms with van der Waals surface area (Å²) in [5.41, 5.74) is 2.28. The lowest BCUT2D eigenvalue weighted by molar-refractivity contribution is -0.121. The van der Waals surface area contributed by atoms with Crippen molar-refractivity contribution < 1.29 is 9.18 Å². The number of carbonyl (C=O) groups is 1. The summed E-state index contributed by atoms with van der Waals surface area (Å²) in [7, 11) is 0. The molecule has 8 heteroatoms. The highest BCUT2D eigenvalue weighted by Crippen LogP contribution is 2.17. The molecule has 0 aliphatic heterocycles. The first kappa shape index (κ1) is 22.5. The van der Waals surface area contributed by atoms with Crippen molar-refractivity contribution in [2.75, 3.05) is 0 Å². The monoisotopic (exact) mass is 469 g/mol. The van der Waals surface area contributed by atoms with Crippen molar-refractivity contribution in [2.24, 2.45) is 0 Å². The molecule has 1 atom stereocenters. The van der Waals surface area contributed by atoms with Crippen LogP contribution in [0.25, 0.3) is 16.7 Å². The van der Waals surface area contributed by atoms with E-state index in [9.17, 15) is 14.0 Å². The molecule has 1 unspecified atom stereocenters. The number of nitrogens with one attached hydrogen (secondary N) is 1. The zero-order chi connectivity index (χ0) is 24.4. The lowest BCUT2D eigenvalue weighted by atomic mass is 10.1. The Balaban J connectivity index is 1.45. The molecule has 0 radical (unpaired) electrons. The van der Waals surface area contributed by atoms with Crippen LogP contribution in [0.4, 0.5) is 4.39 Å². The van der Waals surface area contributed by atoms with Crippen molar-refractivity contribution in [3.05, 3.63) is 112 Å². The summed E-state index contributed by atoms with van der Waals surface area (Å²) in [5, 5.41) is 12.2. The maximum absolute atomic E-state index is 13.4.